The van der Waals surface area contributed by atoms with Gasteiger partial charge in [-0.2, -0.15) is 13.2 Å². The highest BCUT2D eigenvalue weighted by Crippen LogP contribution is 2.25. The molecule has 0 bridgehead atoms. The van der Waals surface area contributed by atoms with Gasteiger partial charge in [-0.1, -0.05) is 19.1 Å². The van der Waals surface area contributed by atoms with Gasteiger partial charge in [0.05, 0.1) is 5.56 Å². The Bertz CT molecular complexity index is 1060. The Balaban J connectivity index is 1.72. The molecule has 1 unspecified atom stereocenters. The summed E-state index contributed by atoms with van der Waals surface area (Å²) in [6.45, 7) is 1.38. The third kappa shape index (κ3) is 5.40. The van der Waals surface area contributed by atoms with Crippen molar-refractivity contribution in [1.82, 2.24) is 10.3 Å². The molecular weight excluding hydrogens is 397 g/mol. The van der Waals surface area contributed by atoms with Gasteiger partial charge in [0, 0.05) is 35.6 Å². The minimum Gasteiger partial charge on any atom is -0.478 e. The van der Waals surface area contributed by atoms with E-state index in [-0.39, 0.29) is 12.1 Å². The number of halogens is 3. The van der Waals surface area contributed by atoms with Crippen LogP contribution in [0, 0.1) is 5.92 Å². The molecule has 1 heterocycles. The van der Waals surface area contributed by atoms with Gasteiger partial charge in [-0.25, -0.2) is 4.79 Å². The molecule has 2 aromatic carbocycles. The van der Waals surface area contributed by atoms with E-state index < -0.39 is 30.4 Å². The van der Waals surface area contributed by atoms with Crippen molar-refractivity contribution in [1.29, 1.82) is 0 Å². The number of hydrogen-bond acceptors (Lipinski definition) is 2. The molecule has 0 radical (unpaired) electrons. The number of aromatic nitrogens is 1. The van der Waals surface area contributed by atoms with Crippen molar-refractivity contribution in [3.05, 3.63) is 70.9 Å². The van der Waals surface area contributed by atoms with Gasteiger partial charge in [-0.05, 0) is 53.8 Å². The summed E-state index contributed by atoms with van der Waals surface area (Å²) in [5.74, 6) is -2.13. The Morgan fingerprint density at radius 3 is 2.40 bits per heavy atom. The maximum absolute atomic E-state index is 12.4. The lowest BCUT2D eigenvalue weighted by molar-refractivity contribution is -0.142. The maximum atomic E-state index is 12.4. The maximum Gasteiger partial charge on any atom is 0.389 e. The second-order valence-electron chi connectivity index (χ2n) is 7.39. The number of carboxylic acid groups (broad SMARTS) is 1. The second-order valence-corrected chi connectivity index (χ2v) is 7.39. The van der Waals surface area contributed by atoms with Gasteiger partial charge < -0.3 is 15.4 Å². The monoisotopic (exact) mass is 418 g/mol. The smallest absolute Gasteiger partial charge is 0.389 e. The minimum atomic E-state index is -4.26. The number of aromatic carboxylic acids is 1. The average molecular weight is 418 g/mol. The second kappa shape index (κ2) is 8.61. The Kier molecular flexibility index (Phi) is 6.14. The lowest BCUT2D eigenvalue weighted by Crippen LogP contribution is -2.30. The Morgan fingerprint density at radius 2 is 1.77 bits per heavy atom. The number of H-pyrrole nitrogens is 1. The van der Waals surface area contributed by atoms with Crippen molar-refractivity contribution in [2.24, 2.45) is 5.92 Å². The Morgan fingerprint density at radius 1 is 1.10 bits per heavy atom. The first-order valence-corrected chi connectivity index (χ1v) is 9.39. The first kappa shape index (κ1) is 21.4. The van der Waals surface area contributed by atoms with Gasteiger partial charge in [-0.3, -0.25) is 4.79 Å². The van der Waals surface area contributed by atoms with Crippen LogP contribution in [-0.4, -0.2) is 34.7 Å². The molecule has 3 rings (SSSR count). The van der Waals surface area contributed by atoms with Crippen LogP contribution in [0.3, 0.4) is 0 Å². The first-order chi connectivity index (χ1) is 14.1. The molecule has 3 N–H and O–H groups in total. The fourth-order valence-corrected chi connectivity index (χ4v) is 3.29. The average Bonchev–Trinajstić information content (AvgIpc) is 3.07. The van der Waals surface area contributed by atoms with Crippen LogP contribution in [0.4, 0.5) is 13.2 Å². The molecule has 30 heavy (non-hydrogen) atoms. The molecule has 0 fully saturated rings. The summed E-state index contributed by atoms with van der Waals surface area (Å²) in [6.07, 6.45) is -2.85. The summed E-state index contributed by atoms with van der Waals surface area (Å²) in [5.41, 5.74) is 3.24. The molecule has 0 aliphatic rings. The highest BCUT2D eigenvalue weighted by molar-refractivity contribution is 5.98. The predicted octanol–water partition coefficient (Wildman–Crippen LogP) is 4.78. The number of fused-ring (bicyclic) bond motifs is 1. The van der Waals surface area contributed by atoms with Crippen molar-refractivity contribution < 1.29 is 27.9 Å². The molecule has 3 aromatic rings. The van der Waals surface area contributed by atoms with Crippen LogP contribution in [0.5, 0.6) is 0 Å². The van der Waals surface area contributed by atoms with Crippen LogP contribution in [0.15, 0.2) is 48.7 Å². The number of alkyl halides is 3. The van der Waals surface area contributed by atoms with E-state index in [1.807, 2.05) is 6.20 Å². The Labute approximate surface area is 170 Å². The van der Waals surface area contributed by atoms with E-state index in [9.17, 15) is 22.8 Å². The summed E-state index contributed by atoms with van der Waals surface area (Å²) >= 11 is 0. The van der Waals surface area contributed by atoms with Crippen molar-refractivity contribution in [2.45, 2.75) is 25.9 Å². The van der Waals surface area contributed by atoms with Crippen molar-refractivity contribution in [3.8, 4) is 0 Å². The van der Waals surface area contributed by atoms with E-state index in [4.69, 9.17) is 5.11 Å². The van der Waals surface area contributed by atoms with Crippen LogP contribution < -0.4 is 5.32 Å². The van der Waals surface area contributed by atoms with Gasteiger partial charge in [-0.15, -0.1) is 0 Å². The number of carboxylic acids is 1. The van der Waals surface area contributed by atoms with Crippen molar-refractivity contribution >= 4 is 22.8 Å². The molecule has 0 aliphatic heterocycles. The van der Waals surface area contributed by atoms with Crippen LogP contribution >= 0.6 is 0 Å². The number of benzene rings is 2. The Hall–Kier alpha value is -3.29. The van der Waals surface area contributed by atoms with Gasteiger partial charge in [0.15, 0.2) is 0 Å². The molecule has 0 spiro atoms. The highest BCUT2D eigenvalue weighted by Gasteiger charge is 2.30. The highest BCUT2D eigenvalue weighted by atomic mass is 19.4. The van der Waals surface area contributed by atoms with Crippen LogP contribution in [0.2, 0.25) is 0 Å². The normalized spacial score (nSPS) is 12.7. The van der Waals surface area contributed by atoms with E-state index >= 15 is 0 Å². The molecular formula is C22H21F3N2O3. The number of amides is 1. The molecule has 1 aromatic heterocycles. The summed E-state index contributed by atoms with van der Waals surface area (Å²) in [4.78, 5) is 26.5. The number of rotatable bonds is 7. The van der Waals surface area contributed by atoms with Gasteiger partial charge >= 0.3 is 12.1 Å². The zero-order chi connectivity index (χ0) is 21.9. The van der Waals surface area contributed by atoms with E-state index in [1.165, 1.54) is 19.1 Å². The number of aromatic amines is 1. The zero-order valence-corrected chi connectivity index (χ0v) is 16.2. The quantitative estimate of drug-likeness (QED) is 0.517. The van der Waals surface area contributed by atoms with Crippen molar-refractivity contribution in [3.63, 3.8) is 0 Å². The number of carbonyl (C=O) groups is 2. The lowest BCUT2D eigenvalue weighted by Gasteiger charge is -2.14. The van der Waals surface area contributed by atoms with Crippen molar-refractivity contribution in [2.75, 3.05) is 6.54 Å². The lowest BCUT2D eigenvalue weighted by atomic mass is 10.0. The van der Waals surface area contributed by atoms with Crippen LogP contribution in [0.25, 0.3) is 10.9 Å². The molecule has 1 atom stereocenters. The largest absolute Gasteiger partial charge is 0.478 e. The molecule has 0 saturated heterocycles. The molecule has 158 valence electrons. The van der Waals surface area contributed by atoms with E-state index in [0.717, 1.165) is 22.0 Å². The summed E-state index contributed by atoms with van der Waals surface area (Å²) in [5, 5.41) is 12.4. The molecule has 8 heteroatoms. The third-order valence-electron chi connectivity index (χ3n) is 4.82. The SMILES string of the molecule is CC(CNC(=O)c1ccc2[nH]cc(Cc3ccc(C(=O)O)cc3)c2c1)CC(F)(F)F. The summed E-state index contributed by atoms with van der Waals surface area (Å²) < 4.78 is 37.3. The summed E-state index contributed by atoms with van der Waals surface area (Å²) in [7, 11) is 0. The predicted molar refractivity (Wildman–Crippen MR) is 107 cm³/mol. The number of carbonyl (C=O) groups excluding carboxylic acids is 1. The van der Waals surface area contributed by atoms with E-state index in [0.29, 0.717) is 12.0 Å². The van der Waals surface area contributed by atoms with Crippen LogP contribution in [-0.2, 0) is 6.42 Å². The molecule has 0 saturated carbocycles. The molecule has 0 aliphatic carbocycles. The van der Waals surface area contributed by atoms with E-state index in [1.54, 1.807) is 30.3 Å². The topological polar surface area (TPSA) is 82.2 Å². The van der Waals surface area contributed by atoms with Gasteiger partial charge in [0.2, 0.25) is 0 Å². The number of nitrogens with one attached hydrogen (secondary N) is 2. The van der Waals surface area contributed by atoms with Gasteiger partial charge in [0.25, 0.3) is 5.91 Å². The third-order valence-corrected chi connectivity index (χ3v) is 4.82. The standard InChI is InChI=1S/C22H21F3N2O3/c1-13(10-22(23,24)25)11-27-20(28)16-6-7-19-18(9-16)17(12-26-19)8-14-2-4-15(5-3-14)21(29)30/h2-7,9,12-13,26H,8,10-11H2,1H3,(H,27,28)(H,29,30). The fraction of sp³-hybridized carbons (Fsp3) is 0.273. The molecule has 1 amide bonds. The van der Waals surface area contributed by atoms with E-state index in [2.05, 4.69) is 10.3 Å². The van der Waals surface area contributed by atoms with Gasteiger partial charge in [0.1, 0.15) is 0 Å². The minimum absolute atomic E-state index is 0.0632. The zero-order valence-electron chi connectivity index (χ0n) is 16.2. The van der Waals surface area contributed by atoms with Crippen LogP contribution in [0.1, 0.15) is 45.2 Å². The first-order valence-electron chi connectivity index (χ1n) is 9.39. The molecule has 5 nitrogen and oxygen atoms in total. The summed E-state index contributed by atoms with van der Waals surface area (Å²) in [6, 6.07) is 11.6. The number of hydrogen-bond donors (Lipinski definition) is 3. The fourth-order valence-electron chi connectivity index (χ4n) is 3.29.